The van der Waals surface area contributed by atoms with Gasteiger partial charge >= 0.3 is 6.18 Å². The van der Waals surface area contributed by atoms with Gasteiger partial charge in [-0.3, -0.25) is 4.98 Å². The van der Waals surface area contributed by atoms with Crippen molar-refractivity contribution in [3.8, 4) is 11.5 Å². The summed E-state index contributed by atoms with van der Waals surface area (Å²) in [5.41, 5.74) is 0.103. The summed E-state index contributed by atoms with van der Waals surface area (Å²) in [4.78, 5) is 12.0. The van der Waals surface area contributed by atoms with Gasteiger partial charge in [0, 0.05) is 18.8 Å². The molecule has 23 heavy (non-hydrogen) atoms. The van der Waals surface area contributed by atoms with Gasteiger partial charge in [0.05, 0.1) is 18.1 Å². The van der Waals surface area contributed by atoms with Crippen molar-refractivity contribution in [3.05, 3.63) is 30.0 Å². The van der Waals surface area contributed by atoms with E-state index in [1.54, 1.807) is 20.9 Å². The van der Waals surface area contributed by atoms with Crippen LogP contribution < -0.4 is 5.32 Å². The van der Waals surface area contributed by atoms with Gasteiger partial charge in [-0.1, -0.05) is 13.8 Å². The van der Waals surface area contributed by atoms with Gasteiger partial charge in [0.2, 0.25) is 0 Å². The van der Waals surface area contributed by atoms with E-state index in [-0.39, 0.29) is 11.9 Å². The Balaban J connectivity index is 0.00000127. The zero-order valence-electron chi connectivity index (χ0n) is 13.9. The van der Waals surface area contributed by atoms with Crippen LogP contribution in [0.25, 0.3) is 11.5 Å². The maximum absolute atomic E-state index is 12.8. The number of nitrogens with zero attached hydrogens (tertiary/aromatic N) is 4. The quantitative estimate of drug-likeness (QED) is 0.929. The van der Waals surface area contributed by atoms with E-state index in [4.69, 9.17) is 0 Å². The highest BCUT2D eigenvalue weighted by Gasteiger charge is 2.35. The van der Waals surface area contributed by atoms with Gasteiger partial charge in [0.15, 0.2) is 11.5 Å². The second-order valence-electron chi connectivity index (χ2n) is 4.87. The number of nitrogens with one attached hydrogen (secondary N) is 1. The van der Waals surface area contributed by atoms with E-state index in [9.17, 15) is 13.2 Å². The minimum Gasteiger partial charge on any atom is -0.326 e. The largest absolute Gasteiger partial charge is 0.434 e. The molecule has 0 amide bonds. The van der Waals surface area contributed by atoms with Crippen LogP contribution in [0.2, 0.25) is 0 Å². The molecule has 1 N–H and O–H groups in total. The van der Waals surface area contributed by atoms with Gasteiger partial charge in [0.1, 0.15) is 5.69 Å². The molecule has 0 aliphatic heterocycles. The molecule has 0 bridgehead atoms. The molecule has 8 heteroatoms. The lowest BCUT2D eigenvalue weighted by molar-refractivity contribution is -0.140. The van der Waals surface area contributed by atoms with Crippen LogP contribution in [0.3, 0.4) is 0 Å². The second kappa shape index (κ2) is 8.05. The summed E-state index contributed by atoms with van der Waals surface area (Å²) in [7, 11) is 1.77. The van der Waals surface area contributed by atoms with Gasteiger partial charge < -0.3 is 9.88 Å². The third-order valence-corrected chi connectivity index (χ3v) is 2.87. The Kier molecular flexibility index (Phi) is 6.68. The Morgan fingerprint density at radius 1 is 1.17 bits per heavy atom. The predicted molar refractivity (Wildman–Crippen MR) is 82.8 cm³/mol. The van der Waals surface area contributed by atoms with Gasteiger partial charge in [-0.25, -0.2) is 9.97 Å². The molecule has 0 saturated carbocycles. The van der Waals surface area contributed by atoms with Crippen molar-refractivity contribution in [2.75, 3.05) is 7.05 Å². The molecular formula is C15H22F3N5. The smallest absolute Gasteiger partial charge is 0.326 e. The number of hydrogen-bond donors (Lipinski definition) is 1. The molecule has 0 spiro atoms. The van der Waals surface area contributed by atoms with E-state index in [0.29, 0.717) is 17.9 Å². The lowest BCUT2D eigenvalue weighted by Crippen LogP contribution is -2.08. The summed E-state index contributed by atoms with van der Waals surface area (Å²) in [6.45, 7) is 8.11. The molecule has 0 radical (unpaired) electrons. The molecule has 0 aliphatic rings. The minimum atomic E-state index is -4.48. The normalized spacial score (nSPS) is 11.3. The highest BCUT2D eigenvalue weighted by Crippen LogP contribution is 2.31. The fourth-order valence-electron chi connectivity index (χ4n) is 1.86. The number of alkyl halides is 3. The fraction of sp³-hybridized carbons (Fsp3) is 0.533. The van der Waals surface area contributed by atoms with Crippen molar-refractivity contribution in [3.63, 3.8) is 0 Å². The molecular weight excluding hydrogens is 307 g/mol. The van der Waals surface area contributed by atoms with Crippen LogP contribution in [0.4, 0.5) is 13.2 Å². The van der Waals surface area contributed by atoms with Crippen molar-refractivity contribution in [1.29, 1.82) is 0 Å². The molecule has 128 valence electrons. The summed E-state index contributed by atoms with van der Waals surface area (Å²) in [6, 6.07) is -0.164. The van der Waals surface area contributed by atoms with Crippen molar-refractivity contribution in [1.82, 2.24) is 24.8 Å². The Morgan fingerprint density at radius 2 is 1.83 bits per heavy atom. The maximum atomic E-state index is 12.8. The average molecular weight is 329 g/mol. The standard InChI is InChI=1S/C13H16F3N5.C2H6/c1-8(2)21-7-11(13(14,15)16)20-12(21)10-6-18-9(4-17-3)5-19-10;1-2/h5-8,17H,4H2,1-3H3;1-2H3. The number of aromatic nitrogens is 4. The lowest BCUT2D eigenvalue weighted by Gasteiger charge is -2.10. The van der Waals surface area contributed by atoms with E-state index < -0.39 is 11.9 Å². The van der Waals surface area contributed by atoms with Crippen LogP contribution in [0.1, 0.15) is 45.1 Å². The van der Waals surface area contributed by atoms with Crippen molar-refractivity contribution >= 4 is 0 Å². The molecule has 5 nitrogen and oxygen atoms in total. The molecule has 2 aromatic rings. The Hall–Kier alpha value is -1.96. The van der Waals surface area contributed by atoms with Crippen LogP contribution in [0.15, 0.2) is 18.6 Å². The molecule has 0 atom stereocenters. The summed E-state index contributed by atoms with van der Waals surface area (Å²) in [5, 5.41) is 2.92. The van der Waals surface area contributed by atoms with Crippen LogP contribution in [0.5, 0.6) is 0 Å². The molecule has 2 heterocycles. The third kappa shape index (κ3) is 4.75. The van der Waals surface area contributed by atoms with Crippen LogP contribution in [-0.4, -0.2) is 26.6 Å². The zero-order valence-corrected chi connectivity index (χ0v) is 13.9. The topological polar surface area (TPSA) is 55.6 Å². The lowest BCUT2D eigenvalue weighted by atomic mass is 10.3. The maximum Gasteiger partial charge on any atom is 0.434 e. The highest BCUT2D eigenvalue weighted by molar-refractivity contribution is 5.49. The van der Waals surface area contributed by atoms with Gasteiger partial charge in [-0.15, -0.1) is 0 Å². The summed E-state index contributed by atoms with van der Waals surface area (Å²) >= 11 is 0. The summed E-state index contributed by atoms with van der Waals surface area (Å²) in [6.07, 6.45) is -0.510. The molecule has 0 fully saturated rings. The number of halogens is 3. The first kappa shape index (κ1) is 19.1. The van der Waals surface area contributed by atoms with Gasteiger partial charge in [-0.2, -0.15) is 13.2 Å². The molecule has 0 unspecified atom stereocenters. The SMILES string of the molecule is CC.CNCc1cnc(-c2nc(C(F)(F)F)cn2C(C)C)cn1. The Morgan fingerprint density at radius 3 is 2.26 bits per heavy atom. The van der Waals surface area contributed by atoms with Gasteiger partial charge in [0.25, 0.3) is 0 Å². The van der Waals surface area contributed by atoms with Crippen molar-refractivity contribution in [2.45, 2.75) is 46.5 Å². The number of imidazole rings is 1. The first-order valence-electron chi connectivity index (χ1n) is 7.45. The second-order valence-corrected chi connectivity index (χ2v) is 4.87. The molecule has 0 saturated heterocycles. The predicted octanol–water partition coefficient (Wildman–Crippen LogP) is 3.69. The zero-order chi connectivity index (χ0) is 17.6. The minimum absolute atomic E-state index is 0.164. The number of rotatable bonds is 4. The highest BCUT2D eigenvalue weighted by atomic mass is 19.4. The monoisotopic (exact) mass is 329 g/mol. The molecule has 2 rings (SSSR count). The van der Waals surface area contributed by atoms with Gasteiger partial charge in [-0.05, 0) is 20.9 Å². The summed E-state index contributed by atoms with van der Waals surface area (Å²) in [5.74, 6) is 0.167. The fourth-order valence-corrected chi connectivity index (χ4v) is 1.86. The van der Waals surface area contributed by atoms with Crippen LogP contribution >= 0.6 is 0 Å². The van der Waals surface area contributed by atoms with E-state index in [1.165, 1.54) is 17.0 Å². The average Bonchev–Trinajstić information content (AvgIpc) is 2.96. The van der Waals surface area contributed by atoms with E-state index in [2.05, 4.69) is 20.3 Å². The van der Waals surface area contributed by atoms with E-state index in [0.717, 1.165) is 6.20 Å². The Bertz CT molecular complexity index is 603. The van der Waals surface area contributed by atoms with Crippen LogP contribution in [0, 0.1) is 0 Å². The van der Waals surface area contributed by atoms with Crippen molar-refractivity contribution < 1.29 is 13.2 Å². The van der Waals surface area contributed by atoms with E-state index in [1.807, 2.05) is 13.8 Å². The molecule has 0 aliphatic carbocycles. The summed E-state index contributed by atoms with van der Waals surface area (Å²) < 4.78 is 39.9. The van der Waals surface area contributed by atoms with E-state index >= 15 is 0 Å². The van der Waals surface area contributed by atoms with Crippen LogP contribution in [-0.2, 0) is 12.7 Å². The Labute approximate surface area is 134 Å². The third-order valence-electron chi connectivity index (χ3n) is 2.87. The number of hydrogen-bond acceptors (Lipinski definition) is 4. The first-order chi connectivity index (χ1) is 10.8. The molecule has 0 aromatic carbocycles. The molecule has 2 aromatic heterocycles. The first-order valence-corrected chi connectivity index (χ1v) is 7.45. The van der Waals surface area contributed by atoms with Crippen molar-refractivity contribution in [2.24, 2.45) is 0 Å².